The number of aromatic nitrogens is 2. The normalized spacial score (nSPS) is 17.6. The summed E-state index contributed by atoms with van der Waals surface area (Å²) in [5, 5.41) is 0. The van der Waals surface area contributed by atoms with Crippen LogP contribution in [-0.4, -0.2) is 48.1 Å². The van der Waals surface area contributed by atoms with E-state index in [-0.39, 0.29) is 5.41 Å². The van der Waals surface area contributed by atoms with Crippen molar-refractivity contribution < 1.29 is 0 Å². The molecular formula is C15H23N5S. The van der Waals surface area contributed by atoms with Crippen molar-refractivity contribution in [1.29, 1.82) is 0 Å². The van der Waals surface area contributed by atoms with Gasteiger partial charge in [-0.05, 0) is 18.5 Å². The van der Waals surface area contributed by atoms with Crippen molar-refractivity contribution in [3.8, 4) is 0 Å². The first-order valence-electron chi connectivity index (χ1n) is 7.35. The van der Waals surface area contributed by atoms with Crippen LogP contribution in [0.15, 0.2) is 6.07 Å². The smallest absolute Gasteiger partial charge is 0.222 e. The number of hydrogen-bond donors (Lipinski definition) is 1. The number of likely N-dealkylation sites (N-methyl/N-ethyl adjacent to an activating group) is 1. The molecular weight excluding hydrogens is 282 g/mol. The van der Waals surface area contributed by atoms with Gasteiger partial charge in [-0.25, -0.2) is 4.98 Å². The van der Waals surface area contributed by atoms with Crippen LogP contribution in [0.1, 0.15) is 25.6 Å². The van der Waals surface area contributed by atoms with Gasteiger partial charge in [0.15, 0.2) is 5.82 Å². The van der Waals surface area contributed by atoms with Crippen molar-refractivity contribution in [2.24, 2.45) is 0 Å². The number of rotatable bonds is 1. The topological polar surface area (TPSA) is 58.3 Å². The lowest BCUT2D eigenvalue weighted by Crippen LogP contribution is -2.44. The van der Waals surface area contributed by atoms with E-state index in [1.165, 1.54) is 9.58 Å². The summed E-state index contributed by atoms with van der Waals surface area (Å²) < 4.78 is 1.17. The van der Waals surface area contributed by atoms with Crippen LogP contribution in [-0.2, 0) is 5.41 Å². The van der Waals surface area contributed by atoms with Crippen LogP contribution in [0.25, 0.3) is 10.2 Å². The molecule has 1 saturated heterocycles. The highest BCUT2D eigenvalue weighted by Crippen LogP contribution is 2.38. The first kappa shape index (κ1) is 14.5. The summed E-state index contributed by atoms with van der Waals surface area (Å²) >= 11 is 1.80. The summed E-state index contributed by atoms with van der Waals surface area (Å²) in [7, 11) is 2.16. The lowest BCUT2D eigenvalue weighted by molar-refractivity contribution is 0.312. The Hall–Kier alpha value is -1.40. The third-order valence-corrected chi connectivity index (χ3v) is 5.46. The molecule has 6 heteroatoms. The number of nitrogens with two attached hydrogens (primary N) is 1. The zero-order valence-electron chi connectivity index (χ0n) is 13.2. The van der Waals surface area contributed by atoms with Crippen molar-refractivity contribution in [3.63, 3.8) is 0 Å². The fourth-order valence-electron chi connectivity index (χ4n) is 2.53. The molecule has 2 aromatic rings. The maximum absolute atomic E-state index is 5.92. The second-order valence-corrected chi connectivity index (χ2v) is 7.82. The first-order valence-corrected chi connectivity index (χ1v) is 8.17. The molecule has 0 amide bonds. The third kappa shape index (κ3) is 2.82. The van der Waals surface area contributed by atoms with Crippen molar-refractivity contribution >= 4 is 33.3 Å². The molecule has 3 heterocycles. The molecule has 1 fully saturated rings. The maximum atomic E-state index is 5.92. The third-order valence-electron chi connectivity index (χ3n) is 3.91. The van der Waals surface area contributed by atoms with E-state index in [4.69, 9.17) is 5.73 Å². The summed E-state index contributed by atoms with van der Waals surface area (Å²) in [6, 6.07) is 2.16. The van der Waals surface area contributed by atoms with Crippen LogP contribution >= 0.6 is 11.3 Å². The second kappa shape index (κ2) is 5.10. The van der Waals surface area contributed by atoms with E-state index in [1.807, 2.05) is 0 Å². The molecule has 0 bridgehead atoms. The van der Waals surface area contributed by atoms with Gasteiger partial charge in [-0.3, -0.25) is 0 Å². The summed E-state index contributed by atoms with van der Waals surface area (Å²) in [4.78, 5) is 15.0. The molecule has 0 atom stereocenters. The standard InChI is InChI=1S/C15H23N5S/c1-15(2,3)11-9-10-12(21-11)13(18-14(16)17-10)20-7-5-19(4)6-8-20/h9H,5-8H2,1-4H3,(H2,16,17,18). The van der Waals surface area contributed by atoms with Gasteiger partial charge in [-0.1, -0.05) is 20.8 Å². The van der Waals surface area contributed by atoms with Gasteiger partial charge in [0, 0.05) is 31.1 Å². The molecule has 0 radical (unpaired) electrons. The van der Waals surface area contributed by atoms with Crippen LogP contribution in [0.4, 0.5) is 11.8 Å². The second-order valence-electron chi connectivity index (χ2n) is 6.77. The molecule has 2 N–H and O–H groups in total. The van der Waals surface area contributed by atoms with Crippen LogP contribution in [0.5, 0.6) is 0 Å². The molecule has 3 rings (SSSR count). The van der Waals surface area contributed by atoms with Crippen LogP contribution in [0.3, 0.4) is 0 Å². The predicted octanol–water partition coefficient (Wildman–Crippen LogP) is 2.32. The highest BCUT2D eigenvalue weighted by molar-refractivity contribution is 7.19. The van der Waals surface area contributed by atoms with E-state index in [0.717, 1.165) is 37.5 Å². The lowest BCUT2D eigenvalue weighted by atomic mass is 9.95. The minimum atomic E-state index is 0.125. The molecule has 0 aromatic carbocycles. The van der Waals surface area contributed by atoms with E-state index < -0.39 is 0 Å². The number of hydrogen-bond acceptors (Lipinski definition) is 6. The van der Waals surface area contributed by atoms with E-state index in [2.05, 4.69) is 53.7 Å². The fourth-order valence-corrected chi connectivity index (χ4v) is 3.71. The minimum absolute atomic E-state index is 0.125. The summed E-state index contributed by atoms with van der Waals surface area (Å²) in [6.07, 6.45) is 0. The number of thiophene rings is 1. The number of anilines is 2. The molecule has 1 aliphatic heterocycles. The van der Waals surface area contributed by atoms with Gasteiger partial charge in [0.05, 0.1) is 10.2 Å². The van der Waals surface area contributed by atoms with Gasteiger partial charge in [0.2, 0.25) is 5.95 Å². The molecule has 0 spiro atoms. The Labute approximate surface area is 129 Å². The van der Waals surface area contributed by atoms with Crippen molar-refractivity contribution in [2.45, 2.75) is 26.2 Å². The molecule has 1 aliphatic rings. The quantitative estimate of drug-likeness (QED) is 0.876. The number of fused-ring (bicyclic) bond motifs is 1. The molecule has 0 aliphatic carbocycles. The Bertz CT molecular complexity index is 650. The zero-order valence-corrected chi connectivity index (χ0v) is 14.0. The largest absolute Gasteiger partial charge is 0.368 e. The average molecular weight is 305 g/mol. The van der Waals surface area contributed by atoms with Crippen LogP contribution < -0.4 is 10.6 Å². The lowest BCUT2D eigenvalue weighted by Gasteiger charge is -2.33. The Morgan fingerprint density at radius 3 is 2.43 bits per heavy atom. The monoisotopic (exact) mass is 305 g/mol. The van der Waals surface area contributed by atoms with Gasteiger partial charge in [-0.2, -0.15) is 4.98 Å². The molecule has 5 nitrogen and oxygen atoms in total. The van der Waals surface area contributed by atoms with Crippen molar-refractivity contribution in [3.05, 3.63) is 10.9 Å². The van der Waals surface area contributed by atoms with Gasteiger partial charge in [0.1, 0.15) is 0 Å². The molecule has 114 valence electrons. The van der Waals surface area contributed by atoms with E-state index in [9.17, 15) is 0 Å². The van der Waals surface area contributed by atoms with E-state index in [0.29, 0.717) is 5.95 Å². The number of piperazine rings is 1. The van der Waals surface area contributed by atoms with Crippen molar-refractivity contribution in [1.82, 2.24) is 14.9 Å². The highest BCUT2D eigenvalue weighted by atomic mass is 32.1. The number of nitrogens with zero attached hydrogens (tertiary/aromatic N) is 4. The Morgan fingerprint density at radius 1 is 1.14 bits per heavy atom. The molecule has 21 heavy (non-hydrogen) atoms. The maximum Gasteiger partial charge on any atom is 0.222 e. The van der Waals surface area contributed by atoms with Crippen molar-refractivity contribution in [2.75, 3.05) is 43.9 Å². The van der Waals surface area contributed by atoms with Gasteiger partial charge >= 0.3 is 0 Å². The summed E-state index contributed by atoms with van der Waals surface area (Å²) in [5.41, 5.74) is 7.02. The van der Waals surface area contributed by atoms with E-state index in [1.54, 1.807) is 11.3 Å². The van der Waals surface area contributed by atoms with Gasteiger partial charge in [0.25, 0.3) is 0 Å². The fraction of sp³-hybridized carbons (Fsp3) is 0.600. The van der Waals surface area contributed by atoms with Crippen LogP contribution in [0.2, 0.25) is 0 Å². The Kier molecular flexibility index (Phi) is 3.53. The molecule has 0 saturated carbocycles. The Balaban J connectivity index is 2.07. The predicted molar refractivity (Wildman–Crippen MR) is 90.2 cm³/mol. The summed E-state index contributed by atoms with van der Waals surface area (Å²) in [6.45, 7) is 10.8. The molecule has 2 aromatic heterocycles. The van der Waals surface area contributed by atoms with E-state index >= 15 is 0 Å². The Morgan fingerprint density at radius 2 is 1.81 bits per heavy atom. The van der Waals surface area contributed by atoms with Gasteiger partial charge < -0.3 is 15.5 Å². The number of nitrogen functional groups attached to an aromatic ring is 1. The van der Waals surface area contributed by atoms with Crippen LogP contribution in [0, 0.1) is 0 Å². The summed E-state index contributed by atoms with van der Waals surface area (Å²) in [5.74, 6) is 1.38. The highest BCUT2D eigenvalue weighted by Gasteiger charge is 2.23. The van der Waals surface area contributed by atoms with Gasteiger partial charge in [-0.15, -0.1) is 11.3 Å². The minimum Gasteiger partial charge on any atom is -0.368 e. The SMILES string of the molecule is CN1CCN(c2nc(N)nc3cc(C(C)(C)C)sc23)CC1. The first-order chi connectivity index (χ1) is 9.84. The zero-order chi connectivity index (χ0) is 15.2. The average Bonchev–Trinajstić information content (AvgIpc) is 2.82. The molecule has 0 unspecified atom stereocenters.